The fourth-order valence-electron chi connectivity index (χ4n) is 0.907. The normalized spacial score (nSPS) is 14.1. The van der Waals surface area contributed by atoms with E-state index in [9.17, 15) is 0 Å². The Kier molecular flexibility index (Phi) is 1.47. The molecule has 0 spiro atoms. The van der Waals surface area contributed by atoms with Gasteiger partial charge in [0.05, 0.1) is 0 Å². The van der Waals surface area contributed by atoms with Crippen molar-refractivity contribution in [2.24, 2.45) is 0 Å². The van der Waals surface area contributed by atoms with Crippen molar-refractivity contribution < 1.29 is 9.78 Å². The first-order valence-corrected chi connectivity index (χ1v) is 3.55. The fourth-order valence-corrected chi connectivity index (χ4v) is 1.06. The second-order valence-electron chi connectivity index (χ2n) is 2.15. The second kappa shape index (κ2) is 2.47. The van der Waals surface area contributed by atoms with Crippen LogP contribution in [-0.4, -0.2) is 0 Å². The molecular weight excluding hydrogens is 164 g/mol. The minimum atomic E-state index is 0.253. The molecule has 1 aromatic carbocycles. The standard InChI is InChI=1S/C8H5ClO2/c9-8-5-6-3-1-2-4-7(6)10-11-8/h1-5H. The Bertz CT molecular complexity index is 307. The summed E-state index contributed by atoms with van der Waals surface area (Å²) in [5.74, 6) is 0.692. The Balaban J connectivity index is 2.51. The third kappa shape index (κ3) is 1.17. The molecule has 0 unspecified atom stereocenters. The predicted octanol–water partition coefficient (Wildman–Crippen LogP) is 2.55. The van der Waals surface area contributed by atoms with E-state index < -0.39 is 0 Å². The molecule has 0 amide bonds. The van der Waals surface area contributed by atoms with Crippen LogP contribution in [0.2, 0.25) is 0 Å². The molecule has 56 valence electrons. The van der Waals surface area contributed by atoms with Gasteiger partial charge in [0, 0.05) is 11.6 Å². The third-order valence-corrected chi connectivity index (χ3v) is 1.57. The lowest BCUT2D eigenvalue weighted by Crippen LogP contribution is -1.99. The first kappa shape index (κ1) is 6.55. The Morgan fingerprint density at radius 3 is 2.82 bits per heavy atom. The van der Waals surface area contributed by atoms with Gasteiger partial charge in [0.2, 0.25) is 5.22 Å². The molecule has 3 heteroatoms. The van der Waals surface area contributed by atoms with Crippen molar-refractivity contribution in [3.05, 3.63) is 35.0 Å². The Hall–Kier alpha value is -1.15. The quantitative estimate of drug-likeness (QED) is 0.555. The van der Waals surface area contributed by atoms with Crippen LogP contribution < -0.4 is 4.89 Å². The Morgan fingerprint density at radius 1 is 1.09 bits per heavy atom. The van der Waals surface area contributed by atoms with Gasteiger partial charge in [-0.3, -0.25) is 9.78 Å². The van der Waals surface area contributed by atoms with Crippen molar-refractivity contribution in [1.29, 1.82) is 0 Å². The average molecular weight is 169 g/mol. The van der Waals surface area contributed by atoms with Gasteiger partial charge in [0.15, 0.2) is 5.75 Å². The highest BCUT2D eigenvalue weighted by Gasteiger charge is 2.09. The topological polar surface area (TPSA) is 18.5 Å². The van der Waals surface area contributed by atoms with Gasteiger partial charge in [0.1, 0.15) is 0 Å². The molecule has 0 aliphatic carbocycles. The number of benzene rings is 1. The number of hydrogen-bond acceptors (Lipinski definition) is 2. The summed E-state index contributed by atoms with van der Waals surface area (Å²) < 4.78 is 0. The van der Waals surface area contributed by atoms with Gasteiger partial charge in [-0.25, -0.2) is 0 Å². The van der Waals surface area contributed by atoms with Crippen molar-refractivity contribution in [2.75, 3.05) is 0 Å². The maximum atomic E-state index is 5.56. The summed E-state index contributed by atoms with van der Waals surface area (Å²) in [6.45, 7) is 0. The molecule has 0 fully saturated rings. The van der Waals surface area contributed by atoms with Gasteiger partial charge in [-0.15, -0.1) is 0 Å². The molecule has 11 heavy (non-hydrogen) atoms. The van der Waals surface area contributed by atoms with E-state index in [1.54, 1.807) is 6.08 Å². The van der Waals surface area contributed by atoms with Gasteiger partial charge in [-0.1, -0.05) is 18.2 Å². The molecule has 0 radical (unpaired) electrons. The molecule has 0 aromatic heterocycles. The SMILES string of the molecule is ClC1=Cc2ccccc2OO1. The van der Waals surface area contributed by atoms with Crippen molar-refractivity contribution in [3.8, 4) is 5.75 Å². The van der Waals surface area contributed by atoms with Crippen LogP contribution in [0.3, 0.4) is 0 Å². The second-order valence-corrected chi connectivity index (χ2v) is 2.53. The summed E-state index contributed by atoms with van der Waals surface area (Å²) in [6, 6.07) is 7.50. The lowest BCUT2D eigenvalue weighted by Gasteiger charge is -2.11. The van der Waals surface area contributed by atoms with Crippen LogP contribution in [0.5, 0.6) is 5.75 Å². The zero-order valence-corrected chi connectivity index (χ0v) is 6.34. The van der Waals surface area contributed by atoms with Gasteiger partial charge in [0.25, 0.3) is 0 Å². The minimum absolute atomic E-state index is 0.253. The van der Waals surface area contributed by atoms with E-state index in [-0.39, 0.29) is 5.22 Å². The summed E-state index contributed by atoms with van der Waals surface area (Å²) in [4.78, 5) is 9.47. The number of para-hydroxylation sites is 1. The third-order valence-electron chi connectivity index (χ3n) is 1.40. The van der Waals surface area contributed by atoms with E-state index in [1.165, 1.54) is 0 Å². The molecule has 0 N–H and O–H groups in total. The number of halogens is 1. The molecule has 0 saturated carbocycles. The van der Waals surface area contributed by atoms with E-state index >= 15 is 0 Å². The van der Waals surface area contributed by atoms with Gasteiger partial charge < -0.3 is 0 Å². The average Bonchev–Trinajstić information content (AvgIpc) is 2.04. The molecule has 1 aromatic rings. The van der Waals surface area contributed by atoms with Crippen LogP contribution >= 0.6 is 11.6 Å². The van der Waals surface area contributed by atoms with Crippen LogP contribution in [-0.2, 0) is 4.89 Å². The highest BCUT2D eigenvalue weighted by atomic mass is 35.5. The largest absolute Gasteiger partial charge is 0.288 e. The maximum absolute atomic E-state index is 5.56. The van der Waals surface area contributed by atoms with E-state index in [0.29, 0.717) is 5.75 Å². The molecule has 0 bridgehead atoms. The lowest BCUT2D eigenvalue weighted by atomic mass is 10.2. The maximum Gasteiger partial charge on any atom is 0.245 e. The molecular formula is C8H5ClO2. The smallest absolute Gasteiger partial charge is 0.245 e. The highest BCUT2D eigenvalue weighted by Crippen LogP contribution is 2.27. The summed E-state index contributed by atoms with van der Waals surface area (Å²) in [7, 11) is 0. The van der Waals surface area contributed by atoms with Crippen LogP contribution in [0.15, 0.2) is 29.5 Å². The van der Waals surface area contributed by atoms with Crippen LogP contribution in [0.4, 0.5) is 0 Å². The summed E-state index contributed by atoms with van der Waals surface area (Å²) >= 11 is 5.56. The summed E-state index contributed by atoms with van der Waals surface area (Å²) in [6.07, 6.45) is 1.71. The van der Waals surface area contributed by atoms with Crippen LogP contribution in [0.1, 0.15) is 5.56 Å². The number of rotatable bonds is 0. The zero-order chi connectivity index (χ0) is 7.68. The Labute approximate surface area is 68.9 Å². The van der Waals surface area contributed by atoms with Crippen molar-refractivity contribution in [1.82, 2.24) is 0 Å². The van der Waals surface area contributed by atoms with Gasteiger partial charge >= 0.3 is 0 Å². The predicted molar refractivity (Wildman–Crippen MR) is 42.0 cm³/mol. The minimum Gasteiger partial charge on any atom is -0.288 e. The molecule has 1 heterocycles. The van der Waals surface area contributed by atoms with Crippen molar-refractivity contribution in [2.45, 2.75) is 0 Å². The first-order chi connectivity index (χ1) is 5.36. The van der Waals surface area contributed by atoms with E-state index in [2.05, 4.69) is 4.89 Å². The zero-order valence-electron chi connectivity index (χ0n) is 5.58. The van der Waals surface area contributed by atoms with E-state index in [1.807, 2.05) is 24.3 Å². The van der Waals surface area contributed by atoms with Crippen LogP contribution in [0, 0.1) is 0 Å². The molecule has 2 nitrogen and oxygen atoms in total. The Morgan fingerprint density at radius 2 is 1.91 bits per heavy atom. The summed E-state index contributed by atoms with van der Waals surface area (Å²) in [5.41, 5.74) is 0.934. The molecule has 1 aliphatic heterocycles. The van der Waals surface area contributed by atoms with Crippen molar-refractivity contribution >= 4 is 17.7 Å². The number of hydrogen-bond donors (Lipinski definition) is 0. The number of fused-ring (bicyclic) bond motifs is 1. The van der Waals surface area contributed by atoms with Gasteiger partial charge in [-0.05, 0) is 17.7 Å². The monoisotopic (exact) mass is 168 g/mol. The van der Waals surface area contributed by atoms with Gasteiger partial charge in [-0.2, -0.15) is 0 Å². The first-order valence-electron chi connectivity index (χ1n) is 3.17. The molecule has 0 saturated heterocycles. The highest BCUT2D eigenvalue weighted by molar-refractivity contribution is 6.30. The molecule has 1 aliphatic rings. The summed E-state index contributed by atoms with van der Waals surface area (Å²) in [5, 5.41) is 0.253. The fraction of sp³-hybridized carbons (Fsp3) is 0. The van der Waals surface area contributed by atoms with Crippen LogP contribution in [0.25, 0.3) is 6.08 Å². The van der Waals surface area contributed by atoms with Crippen molar-refractivity contribution in [3.63, 3.8) is 0 Å². The van der Waals surface area contributed by atoms with E-state index in [0.717, 1.165) is 5.56 Å². The lowest BCUT2D eigenvalue weighted by molar-refractivity contribution is -0.157. The van der Waals surface area contributed by atoms with E-state index in [4.69, 9.17) is 16.5 Å². The molecule has 2 rings (SSSR count). The molecule has 0 atom stereocenters.